The number of likely N-dealkylation sites (N-methyl/N-ethyl adjacent to an activating group) is 1. The van der Waals surface area contributed by atoms with Gasteiger partial charge in [-0.1, -0.05) is 17.7 Å². The number of rotatable bonds is 5. The lowest BCUT2D eigenvalue weighted by molar-refractivity contribution is 0.0973. The number of hydrogen-bond acceptors (Lipinski definition) is 3. The molecular formula is C15H23ClN2O. The minimum absolute atomic E-state index is 0.157. The lowest BCUT2D eigenvalue weighted by atomic mass is 10.1. The highest BCUT2D eigenvalue weighted by atomic mass is 35.5. The Bertz CT molecular complexity index is 419. The summed E-state index contributed by atoms with van der Waals surface area (Å²) >= 11 is 5.92. The van der Waals surface area contributed by atoms with E-state index in [2.05, 4.69) is 23.8 Å². The van der Waals surface area contributed by atoms with E-state index < -0.39 is 0 Å². The second kappa shape index (κ2) is 6.60. The topological polar surface area (TPSA) is 26.7 Å². The van der Waals surface area contributed by atoms with E-state index in [0.29, 0.717) is 11.2 Å². The number of nitrogens with zero attached hydrogens (tertiary/aromatic N) is 2. The summed E-state index contributed by atoms with van der Waals surface area (Å²) in [5.41, 5.74) is 1.17. The third-order valence-electron chi connectivity index (χ3n) is 4.07. The van der Waals surface area contributed by atoms with E-state index in [0.717, 1.165) is 13.0 Å². The zero-order valence-corrected chi connectivity index (χ0v) is 12.5. The molecule has 0 saturated carbocycles. The zero-order chi connectivity index (χ0) is 13.8. The molecule has 106 valence electrons. The summed E-state index contributed by atoms with van der Waals surface area (Å²) in [5, 5.41) is 9.84. The van der Waals surface area contributed by atoms with E-state index in [9.17, 15) is 5.11 Å². The third kappa shape index (κ3) is 3.85. The molecule has 1 aliphatic heterocycles. The van der Waals surface area contributed by atoms with Crippen molar-refractivity contribution in [3.05, 3.63) is 28.8 Å². The summed E-state index contributed by atoms with van der Waals surface area (Å²) in [6.07, 6.45) is 4.10. The van der Waals surface area contributed by atoms with Crippen LogP contribution in [-0.4, -0.2) is 47.8 Å². The average Bonchev–Trinajstić information content (AvgIpc) is 2.93. The van der Waals surface area contributed by atoms with E-state index in [1.165, 1.54) is 31.5 Å². The maximum atomic E-state index is 9.40. The van der Waals surface area contributed by atoms with Gasteiger partial charge in [0.2, 0.25) is 0 Å². The van der Waals surface area contributed by atoms with Gasteiger partial charge in [-0.05, 0) is 64.0 Å². The number of phenols is 1. The fourth-order valence-electron chi connectivity index (χ4n) is 2.59. The first-order valence-corrected chi connectivity index (χ1v) is 7.37. The van der Waals surface area contributed by atoms with E-state index in [4.69, 9.17) is 11.6 Å². The first-order valence-electron chi connectivity index (χ1n) is 6.99. The van der Waals surface area contributed by atoms with Crippen LogP contribution in [0.2, 0.25) is 5.02 Å². The van der Waals surface area contributed by atoms with Crippen molar-refractivity contribution >= 4 is 11.6 Å². The number of halogens is 1. The Morgan fingerprint density at radius 1 is 1.37 bits per heavy atom. The molecule has 0 bridgehead atoms. The highest BCUT2D eigenvalue weighted by Gasteiger charge is 2.20. The van der Waals surface area contributed by atoms with Crippen molar-refractivity contribution in [2.75, 3.05) is 26.7 Å². The van der Waals surface area contributed by atoms with Gasteiger partial charge < -0.3 is 5.11 Å². The van der Waals surface area contributed by atoms with Crippen LogP contribution in [0.4, 0.5) is 0 Å². The highest BCUT2D eigenvalue weighted by molar-refractivity contribution is 6.32. The third-order valence-corrected chi connectivity index (χ3v) is 4.38. The van der Waals surface area contributed by atoms with Gasteiger partial charge in [-0.2, -0.15) is 0 Å². The SMILES string of the molecule is C[C@H](N(C)CCc1ccc(O)c(Cl)c1)N1CCCC1. The zero-order valence-electron chi connectivity index (χ0n) is 11.8. The van der Waals surface area contributed by atoms with Crippen LogP contribution >= 0.6 is 11.6 Å². The Hall–Kier alpha value is -0.770. The lowest BCUT2D eigenvalue weighted by Gasteiger charge is -2.32. The van der Waals surface area contributed by atoms with Crippen LogP contribution in [-0.2, 0) is 6.42 Å². The van der Waals surface area contributed by atoms with Crippen LogP contribution in [0.5, 0.6) is 5.75 Å². The van der Waals surface area contributed by atoms with Crippen LogP contribution in [0.15, 0.2) is 18.2 Å². The first-order chi connectivity index (χ1) is 9.08. The molecule has 0 radical (unpaired) electrons. The summed E-state index contributed by atoms with van der Waals surface area (Å²) in [4.78, 5) is 4.91. The summed E-state index contributed by atoms with van der Waals surface area (Å²) in [7, 11) is 2.17. The quantitative estimate of drug-likeness (QED) is 0.899. The molecule has 1 N–H and O–H groups in total. The van der Waals surface area contributed by atoms with Gasteiger partial charge >= 0.3 is 0 Å². The van der Waals surface area contributed by atoms with Gasteiger partial charge in [-0.25, -0.2) is 0 Å². The van der Waals surface area contributed by atoms with Crippen LogP contribution < -0.4 is 0 Å². The average molecular weight is 283 g/mol. The van der Waals surface area contributed by atoms with Gasteiger partial charge in [0.05, 0.1) is 11.2 Å². The fourth-order valence-corrected chi connectivity index (χ4v) is 2.80. The molecule has 0 unspecified atom stereocenters. The van der Waals surface area contributed by atoms with Crippen molar-refractivity contribution < 1.29 is 5.11 Å². The molecular weight excluding hydrogens is 260 g/mol. The Morgan fingerprint density at radius 3 is 2.68 bits per heavy atom. The molecule has 1 heterocycles. The van der Waals surface area contributed by atoms with Crippen molar-refractivity contribution in [3.63, 3.8) is 0 Å². The molecule has 0 aromatic heterocycles. The predicted octanol–water partition coefficient (Wildman–Crippen LogP) is 2.96. The van der Waals surface area contributed by atoms with E-state index in [1.54, 1.807) is 6.07 Å². The van der Waals surface area contributed by atoms with Crippen LogP contribution in [0.1, 0.15) is 25.3 Å². The Labute approximate surface area is 120 Å². The van der Waals surface area contributed by atoms with Crippen LogP contribution in [0.25, 0.3) is 0 Å². The second-order valence-corrected chi connectivity index (χ2v) is 5.80. The van der Waals surface area contributed by atoms with Crippen LogP contribution in [0, 0.1) is 0 Å². The molecule has 4 heteroatoms. The van der Waals surface area contributed by atoms with Crippen molar-refractivity contribution in [1.29, 1.82) is 0 Å². The molecule has 3 nitrogen and oxygen atoms in total. The van der Waals surface area contributed by atoms with Gasteiger partial charge in [0, 0.05) is 6.54 Å². The molecule has 1 saturated heterocycles. The summed E-state index contributed by atoms with van der Waals surface area (Å²) in [5.74, 6) is 0.157. The van der Waals surface area contributed by atoms with E-state index in [1.807, 2.05) is 12.1 Å². The largest absolute Gasteiger partial charge is 0.506 e. The van der Waals surface area contributed by atoms with Gasteiger partial charge in [0.1, 0.15) is 5.75 Å². The first kappa shape index (κ1) is 14.6. The summed E-state index contributed by atoms with van der Waals surface area (Å²) in [6.45, 7) is 5.71. The molecule has 0 amide bonds. The molecule has 1 fully saturated rings. The number of phenolic OH excluding ortho intramolecular Hbond substituents is 1. The number of benzene rings is 1. The molecule has 1 atom stereocenters. The summed E-state index contributed by atoms with van der Waals surface area (Å²) in [6, 6.07) is 5.46. The maximum absolute atomic E-state index is 9.40. The Balaban J connectivity index is 1.85. The van der Waals surface area contributed by atoms with Crippen molar-refractivity contribution in [2.45, 2.75) is 32.4 Å². The Kier molecular flexibility index (Phi) is 5.08. The second-order valence-electron chi connectivity index (χ2n) is 5.39. The highest BCUT2D eigenvalue weighted by Crippen LogP contribution is 2.24. The standard InChI is InChI=1S/C15H23ClN2O/c1-12(18-8-3-4-9-18)17(2)10-7-13-5-6-15(19)14(16)11-13/h5-6,11-12,19H,3-4,7-10H2,1-2H3/t12-/m1/s1. The lowest BCUT2D eigenvalue weighted by Crippen LogP contribution is -2.43. The molecule has 2 rings (SSSR count). The van der Waals surface area contributed by atoms with Gasteiger partial charge in [-0.15, -0.1) is 0 Å². The fraction of sp³-hybridized carbons (Fsp3) is 0.600. The monoisotopic (exact) mass is 282 g/mol. The normalized spacial score (nSPS) is 18.1. The number of hydrogen-bond donors (Lipinski definition) is 1. The minimum atomic E-state index is 0.157. The molecule has 0 spiro atoms. The molecule has 1 aromatic carbocycles. The number of likely N-dealkylation sites (tertiary alicyclic amines) is 1. The maximum Gasteiger partial charge on any atom is 0.134 e. The smallest absolute Gasteiger partial charge is 0.134 e. The van der Waals surface area contributed by atoms with E-state index in [-0.39, 0.29) is 5.75 Å². The molecule has 19 heavy (non-hydrogen) atoms. The van der Waals surface area contributed by atoms with E-state index >= 15 is 0 Å². The number of aromatic hydroxyl groups is 1. The molecule has 1 aliphatic rings. The molecule has 1 aromatic rings. The van der Waals surface area contributed by atoms with Crippen LogP contribution in [0.3, 0.4) is 0 Å². The van der Waals surface area contributed by atoms with Crippen molar-refractivity contribution in [2.24, 2.45) is 0 Å². The van der Waals surface area contributed by atoms with Crippen molar-refractivity contribution in [3.8, 4) is 5.75 Å². The minimum Gasteiger partial charge on any atom is -0.506 e. The molecule has 0 aliphatic carbocycles. The summed E-state index contributed by atoms with van der Waals surface area (Å²) < 4.78 is 0. The Morgan fingerprint density at radius 2 is 2.05 bits per heavy atom. The van der Waals surface area contributed by atoms with Gasteiger partial charge in [0.25, 0.3) is 0 Å². The van der Waals surface area contributed by atoms with Gasteiger partial charge in [-0.3, -0.25) is 9.80 Å². The predicted molar refractivity (Wildman–Crippen MR) is 79.7 cm³/mol. The van der Waals surface area contributed by atoms with Gasteiger partial charge in [0.15, 0.2) is 0 Å². The van der Waals surface area contributed by atoms with Crippen molar-refractivity contribution in [1.82, 2.24) is 9.80 Å².